The van der Waals surface area contributed by atoms with Gasteiger partial charge in [0.2, 0.25) is 0 Å². The number of hydrogen-bond acceptors (Lipinski definition) is 3. The standard InChI is InChI=1S/C6H13N3.H2O4S/c1-8-6(7)9-4-5-2-3-5;1-5(2,3)4/h5H,2-4H2,1H3,(H3,7,8,9);(H2,1,2,3,4). The maximum absolute atomic E-state index is 8.74. The predicted octanol–water partition coefficient (Wildman–Crippen LogP) is -0.722. The minimum absolute atomic E-state index is 0.557. The fraction of sp³-hybridized carbons (Fsp3) is 0.833. The van der Waals surface area contributed by atoms with Crippen LogP contribution in [-0.4, -0.2) is 37.1 Å². The molecule has 0 atom stereocenters. The van der Waals surface area contributed by atoms with E-state index >= 15 is 0 Å². The Morgan fingerprint density at radius 1 is 1.57 bits per heavy atom. The lowest BCUT2D eigenvalue weighted by atomic mass is 10.4. The van der Waals surface area contributed by atoms with Crippen molar-refractivity contribution in [2.24, 2.45) is 16.6 Å². The number of guanidine groups is 1. The summed E-state index contributed by atoms with van der Waals surface area (Å²) in [7, 11) is -2.98. The van der Waals surface area contributed by atoms with E-state index in [-0.39, 0.29) is 0 Å². The van der Waals surface area contributed by atoms with Gasteiger partial charge in [-0.3, -0.25) is 14.1 Å². The van der Waals surface area contributed by atoms with Gasteiger partial charge in [-0.15, -0.1) is 0 Å². The molecular weight excluding hydrogens is 210 g/mol. The average Bonchev–Trinajstić information content (AvgIpc) is 2.80. The van der Waals surface area contributed by atoms with E-state index in [1.165, 1.54) is 12.8 Å². The first kappa shape index (κ1) is 13.1. The molecule has 1 aliphatic rings. The molecule has 84 valence electrons. The monoisotopic (exact) mass is 225 g/mol. The van der Waals surface area contributed by atoms with Crippen LogP contribution in [0, 0.1) is 5.92 Å². The Balaban J connectivity index is 0.000000292. The van der Waals surface area contributed by atoms with Crippen LogP contribution in [0.25, 0.3) is 0 Å². The zero-order valence-corrected chi connectivity index (χ0v) is 8.66. The number of nitrogens with one attached hydrogen (secondary N) is 1. The summed E-state index contributed by atoms with van der Waals surface area (Å²) in [5.41, 5.74) is 5.39. The maximum atomic E-state index is 8.74. The second-order valence-electron chi connectivity index (χ2n) is 2.88. The smallest absolute Gasteiger partial charge is 0.370 e. The molecule has 0 amide bonds. The Labute approximate surface area is 83.0 Å². The lowest BCUT2D eigenvalue weighted by Gasteiger charge is -2.00. The van der Waals surface area contributed by atoms with Gasteiger partial charge in [0, 0.05) is 13.6 Å². The van der Waals surface area contributed by atoms with Crippen LogP contribution >= 0.6 is 0 Å². The van der Waals surface area contributed by atoms with Crippen molar-refractivity contribution in [2.75, 3.05) is 13.6 Å². The Morgan fingerprint density at radius 2 is 2.00 bits per heavy atom. The molecular formula is C6H15N3O4S. The molecule has 7 nitrogen and oxygen atoms in total. The normalized spacial score (nSPS) is 16.9. The molecule has 0 saturated heterocycles. The zero-order chi connectivity index (χ0) is 11.2. The summed E-state index contributed by atoms with van der Waals surface area (Å²) in [6.07, 6.45) is 2.70. The summed E-state index contributed by atoms with van der Waals surface area (Å²) in [5.74, 6) is 1.42. The van der Waals surface area contributed by atoms with Crippen LogP contribution in [0.3, 0.4) is 0 Å². The van der Waals surface area contributed by atoms with Crippen molar-refractivity contribution in [2.45, 2.75) is 12.8 Å². The van der Waals surface area contributed by atoms with Gasteiger partial charge in [-0.25, -0.2) is 0 Å². The fourth-order valence-corrected chi connectivity index (χ4v) is 0.650. The van der Waals surface area contributed by atoms with Gasteiger partial charge in [-0.05, 0) is 18.8 Å². The minimum Gasteiger partial charge on any atom is -0.370 e. The summed E-state index contributed by atoms with van der Waals surface area (Å²) in [6.45, 7) is 1.00. The topological polar surface area (TPSA) is 125 Å². The second-order valence-corrected chi connectivity index (χ2v) is 3.78. The Morgan fingerprint density at radius 3 is 2.29 bits per heavy atom. The van der Waals surface area contributed by atoms with E-state index in [1.54, 1.807) is 7.05 Å². The third-order valence-electron chi connectivity index (χ3n) is 1.51. The van der Waals surface area contributed by atoms with Crippen LogP contribution < -0.4 is 11.1 Å². The van der Waals surface area contributed by atoms with Crippen LogP contribution in [0.1, 0.15) is 12.8 Å². The molecule has 0 aliphatic heterocycles. The molecule has 0 aromatic heterocycles. The first-order valence-corrected chi connectivity index (χ1v) is 5.38. The van der Waals surface area contributed by atoms with Gasteiger partial charge in [-0.1, -0.05) is 0 Å². The number of rotatable bonds is 2. The van der Waals surface area contributed by atoms with Crippen molar-refractivity contribution in [3.63, 3.8) is 0 Å². The van der Waals surface area contributed by atoms with E-state index < -0.39 is 10.4 Å². The molecule has 0 aromatic carbocycles. The first-order chi connectivity index (χ1) is 6.33. The highest BCUT2D eigenvalue weighted by Gasteiger charge is 2.20. The van der Waals surface area contributed by atoms with E-state index in [1.807, 2.05) is 0 Å². The molecule has 1 fully saturated rings. The summed E-state index contributed by atoms with van der Waals surface area (Å²) >= 11 is 0. The van der Waals surface area contributed by atoms with Crippen molar-refractivity contribution in [1.29, 1.82) is 0 Å². The Bertz CT molecular complexity index is 275. The van der Waals surface area contributed by atoms with Gasteiger partial charge in [0.15, 0.2) is 5.96 Å². The molecule has 14 heavy (non-hydrogen) atoms. The number of nitrogens with two attached hydrogens (primary N) is 1. The molecule has 0 bridgehead atoms. The predicted molar refractivity (Wildman–Crippen MR) is 52.5 cm³/mol. The molecule has 1 saturated carbocycles. The number of aliphatic imine (C=N–C) groups is 1. The summed E-state index contributed by atoms with van der Waals surface area (Å²) < 4.78 is 31.6. The average molecular weight is 225 g/mol. The molecule has 0 heterocycles. The van der Waals surface area contributed by atoms with Crippen molar-refractivity contribution >= 4 is 16.4 Å². The Hall–Kier alpha value is -0.860. The third-order valence-corrected chi connectivity index (χ3v) is 1.51. The van der Waals surface area contributed by atoms with Gasteiger partial charge in [0.25, 0.3) is 0 Å². The largest absolute Gasteiger partial charge is 0.394 e. The molecule has 1 rings (SSSR count). The molecule has 0 radical (unpaired) electrons. The molecule has 8 heteroatoms. The van der Waals surface area contributed by atoms with Gasteiger partial charge >= 0.3 is 10.4 Å². The van der Waals surface area contributed by atoms with Gasteiger partial charge < -0.3 is 11.1 Å². The first-order valence-electron chi connectivity index (χ1n) is 3.99. The minimum atomic E-state index is -4.67. The van der Waals surface area contributed by atoms with Gasteiger partial charge in [-0.2, -0.15) is 8.42 Å². The van der Waals surface area contributed by atoms with Gasteiger partial charge in [0.1, 0.15) is 0 Å². The molecule has 5 N–H and O–H groups in total. The van der Waals surface area contributed by atoms with Gasteiger partial charge in [0.05, 0.1) is 0 Å². The SMILES string of the molecule is CN=C(N)NCC1CC1.O=S(=O)(O)O. The van der Waals surface area contributed by atoms with Crippen molar-refractivity contribution in [3.8, 4) is 0 Å². The summed E-state index contributed by atoms with van der Waals surface area (Å²) in [5, 5.41) is 3.02. The fourth-order valence-electron chi connectivity index (χ4n) is 0.650. The zero-order valence-electron chi connectivity index (χ0n) is 7.84. The lowest BCUT2D eigenvalue weighted by molar-refractivity contribution is 0.381. The summed E-state index contributed by atoms with van der Waals surface area (Å²) in [4.78, 5) is 3.77. The molecule has 0 unspecified atom stereocenters. The lowest BCUT2D eigenvalue weighted by Crippen LogP contribution is -2.32. The van der Waals surface area contributed by atoms with E-state index in [0.717, 1.165) is 12.5 Å². The quantitative estimate of drug-likeness (QED) is 0.279. The molecule has 0 aromatic rings. The van der Waals surface area contributed by atoms with Crippen molar-refractivity contribution in [3.05, 3.63) is 0 Å². The van der Waals surface area contributed by atoms with Crippen LogP contribution in [0.4, 0.5) is 0 Å². The highest BCUT2D eigenvalue weighted by molar-refractivity contribution is 7.79. The number of nitrogens with zero attached hydrogens (tertiary/aromatic N) is 1. The summed E-state index contributed by atoms with van der Waals surface area (Å²) in [6, 6.07) is 0. The maximum Gasteiger partial charge on any atom is 0.394 e. The van der Waals surface area contributed by atoms with Crippen LogP contribution in [0.15, 0.2) is 4.99 Å². The van der Waals surface area contributed by atoms with Crippen molar-refractivity contribution in [1.82, 2.24) is 5.32 Å². The Kier molecular flexibility index (Phi) is 5.43. The van der Waals surface area contributed by atoms with E-state index in [2.05, 4.69) is 10.3 Å². The van der Waals surface area contributed by atoms with Crippen molar-refractivity contribution < 1.29 is 17.5 Å². The highest BCUT2D eigenvalue weighted by atomic mass is 32.3. The van der Waals surface area contributed by atoms with E-state index in [4.69, 9.17) is 23.3 Å². The third kappa shape index (κ3) is 13.7. The van der Waals surface area contributed by atoms with Crippen LogP contribution in [-0.2, 0) is 10.4 Å². The second kappa shape index (κ2) is 5.78. The van der Waals surface area contributed by atoms with Crippen LogP contribution in [0.2, 0.25) is 0 Å². The van der Waals surface area contributed by atoms with E-state index in [9.17, 15) is 0 Å². The highest BCUT2D eigenvalue weighted by Crippen LogP contribution is 2.27. The van der Waals surface area contributed by atoms with E-state index in [0.29, 0.717) is 5.96 Å². The van der Waals surface area contributed by atoms with Crippen LogP contribution in [0.5, 0.6) is 0 Å². The molecule has 0 spiro atoms. The molecule has 1 aliphatic carbocycles. The number of hydrogen-bond donors (Lipinski definition) is 4.